The molecule has 0 saturated carbocycles. The van der Waals surface area contributed by atoms with Gasteiger partial charge in [-0.05, 0) is 25.5 Å². The van der Waals surface area contributed by atoms with Gasteiger partial charge in [-0.25, -0.2) is 5.11 Å². The molecule has 0 atom stereocenters. The highest BCUT2D eigenvalue weighted by Gasteiger charge is 2.19. The maximum absolute atomic E-state index is 12.3. The van der Waals surface area contributed by atoms with Crippen LogP contribution in [0.15, 0.2) is 54.0 Å². The summed E-state index contributed by atoms with van der Waals surface area (Å²) in [5, 5.41) is 11.7. The van der Waals surface area contributed by atoms with Crippen molar-refractivity contribution in [1.29, 1.82) is 0 Å². The molecule has 1 radical (unpaired) electrons. The first-order valence-corrected chi connectivity index (χ1v) is 6.46. The number of rotatable bonds is 6. The Labute approximate surface area is 120 Å². The smallest absolute Gasteiger partial charge is 0.331 e. The van der Waals surface area contributed by atoms with Gasteiger partial charge < -0.3 is 9.64 Å². The zero-order valence-corrected chi connectivity index (χ0v) is 12.2. The van der Waals surface area contributed by atoms with Crippen LogP contribution in [0.2, 0.25) is 0 Å². The van der Waals surface area contributed by atoms with E-state index in [0.29, 0.717) is 17.6 Å². The van der Waals surface area contributed by atoms with Crippen LogP contribution in [-0.4, -0.2) is 19.6 Å². The zero-order valence-electron chi connectivity index (χ0n) is 12.2. The first-order chi connectivity index (χ1) is 9.51. The van der Waals surface area contributed by atoms with E-state index in [4.69, 9.17) is 4.74 Å². The average Bonchev–Trinajstić information content (AvgIpc) is 2.48. The number of para-hydroxylation sites is 1. The van der Waals surface area contributed by atoms with Crippen LogP contribution in [-0.2, 0) is 14.6 Å². The molecule has 0 N–H and O–H groups in total. The maximum atomic E-state index is 12.3. The summed E-state index contributed by atoms with van der Waals surface area (Å²) in [4.78, 5) is 13.8. The number of benzene rings is 1. The highest BCUT2D eigenvalue weighted by atomic mass is 16.6. The van der Waals surface area contributed by atoms with E-state index in [2.05, 4.69) is 6.58 Å². The normalized spacial score (nSPS) is 11.6. The molecule has 0 spiro atoms. The SMILES string of the molecule is C=C(C)C(=O)N(CC(CC)=C([O])OC)c1ccccc1. The van der Waals surface area contributed by atoms with Gasteiger partial charge in [-0.2, -0.15) is 0 Å². The van der Waals surface area contributed by atoms with Gasteiger partial charge in [0.1, 0.15) is 0 Å². The number of carbonyl (C=O) groups is 1. The molecule has 0 saturated heterocycles. The molecule has 4 nitrogen and oxygen atoms in total. The van der Waals surface area contributed by atoms with E-state index in [1.165, 1.54) is 12.0 Å². The summed E-state index contributed by atoms with van der Waals surface area (Å²) in [7, 11) is 1.34. The van der Waals surface area contributed by atoms with Crippen LogP contribution >= 0.6 is 0 Å². The second-order valence-electron chi connectivity index (χ2n) is 4.46. The molecule has 0 bridgehead atoms. The number of methoxy groups -OCH3 is 1. The Morgan fingerprint density at radius 3 is 2.35 bits per heavy atom. The minimum atomic E-state index is -0.386. The molecule has 0 aliphatic carbocycles. The van der Waals surface area contributed by atoms with Crippen molar-refractivity contribution in [3.63, 3.8) is 0 Å². The highest BCUT2D eigenvalue weighted by Crippen LogP contribution is 2.20. The monoisotopic (exact) mass is 274 g/mol. The van der Waals surface area contributed by atoms with Crippen molar-refractivity contribution in [3.8, 4) is 0 Å². The lowest BCUT2D eigenvalue weighted by Gasteiger charge is -2.24. The number of amides is 1. The van der Waals surface area contributed by atoms with Crippen LogP contribution in [0.4, 0.5) is 5.69 Å². The first-order valence-electron chi connectivity index (χ1n) is 6.46. The molecular weight excluding hydrogens is 254 g/mol. The fourth-order valence-corrected chi connectivity index (χ4v) is 1.77. The fraction of sp³-hybridized carbons (Fsp3) is 0.312. The van der Waals surface area contributed by atoms with E-state index >= 15 is 0 Å². The van der Waals surface area contributed by atoms with E-state index < -0.39 is 0 Å². The third-order valence-corrected chi connectivity index (χ3v) is 2.93. The van der Waals surface area contributed by atoms with Gasteiger partial charge >= 0.3 is 5.95 Å². The molecule has 0 unspecified atom stereocenters. The van der Waals surface area contributed by atoms with E-state index in [1.54, 1.807) is 6.92 Å². The molecule has 1 aromatic rings. The van der Waals surface area contributed by atoms with Gasteiger partial charge in [-0.15, -0.1) is 0 Å². The van der Waals surface area contributed by atoms with Crippen LogP contribution in [0.1, 0.15) is 20.3 Å². The van der Waals surface area contributed by atoms with Crippen molar-refractivity contribution in [2.75, 3.05) is 18.6 Å². The Balaban J connectivity index is 3.13. The van der Waals surface area contributed by atoms with Crippen molar-refractivity contribution in [2.45, 2.75) is 20.3 Å². The second kappa shape index (κ2) is 7.38. The molecule has 1 amide bonds. The summed E-state index contributed by atoms with van der Waals surface area (Å²) in [5.41, 5.74) is 1.70. The summed E-state index contributed by atoms with van der Waals surface area (Å²) >= 11 is 0. The van der Waals surface area contributed by atoms with E-state index in [1.807, 2.05) is 37.3 Å². The third kappa shape index (κ3) is 3.88. The molecule has 0 aliphatic heterocycles. The number of carbonyl (C=O) groups excluding carboxylic acids is 1. The largest absolute Gasteiger partial charge is 0.466 e. The molecule has 0 aliphatic rings. The Kier molecular flexibility index (Phi) is 5.84. The Morgan fingerprint density at radius 2 is 1.90 bits per heavy atom. The van der Waals surface area contributed by atoms with Crippen molar-refractivity contribution in [1.82, 2.24) is 0 Å². The molecule has 1 aromatic carbocycles. The topological polar surface area (TPSA) is 49.4 Å². The lowest BCUT2D eigenvalue weighted by atomic mass is 10.1. The van der Waals surface area contributed by atoms with Gasteiger partial charge in [0, 0.05) is 16.8 Å². The summed E-state index contributed by atoms with van der Waals surface area (Å²) in [5.74, 6) is -0.589. The van der Waals surface area contributed by atoms with Crippen LogP contribution < -0.4 is 4.90 Å². The van der Waals surface area contributed by atoms with Crippen LogP contribution in [0, 0.1) is 0 Å². The van der Waals surface area contributed by atoms with Gasteiger partial charge in [0.2, 0.25) is 0 Å². The molecule has 0 fully saturated rings. The molecule has 4 heteroatoms. The summed E-state index contributed by atoms with van der Waals surface area (Å²) in [6, 6.07) is 9.21. The molecule has 0 heterocycles. The van der Waals surface area contributed by atoms with E-state index in [-0.39, 0.29) is 18.4 Å². The standard InChI is InChI=1S/C16H20NO3/c1-5-13(16(19)20-4)11-17(15(18)12(2)3)14-9-7-6-8-10-14/h6-10H,2,5,11H2,1,3-4H3. The van der Waals surface area contributed by atoms with Crippen molar-refractivity contribution in [3.05, 3.63) is 54.0 Å². The number of anilines is 1. The first kappa shape index (κ1) is 15.8. The minimum Gasteiger partial charge on any atom is -0.466 e. The number of hydrogen-bond acceptors (Lipinski definition) is 2. The predicted molar refractivity (Wildman–Crippen MR) is 78.6 cm³/mol. The molecular formula is C16H20NO3. The predicted octanol–water partition coefficient (Wildman–Crippen LogP) is 3.29. The van der Waals surface area contributed by atoms with Crippen molar-refractivity contribution < 1.29 is 14.6 Å². The van der Waals surface area contributed by atoms with Gasteiger partial charge in [-0.1, -0.05) is 31.7 Å². The van der Waals surface area contributed by atoms with Crippen molar-refractivity contribution in [2.24, 2.45) is 0 Å². The molecule has 0 aromatic heterocycles. The average molecular weight is 274 g/mol. The molecule has 20 heavy (non-hydrogen) atoms. The van der Waals surface area contributed by atoms with Crippen LogP contribution in [0.5, 0.6) is 0 Å². The van der Waals surface area contributed by atoms with Gasteiger partial charge in [0.05, 0.1) is 13.7 Å². The summed E-state index contributed by atoms with van der Waals surface area (Å²) in [6.45, 7) is 7.41. The maximum Gasteiger partial charge on any atom is 0.331 e. The van der Waals surface area contributed by atoms with Gasteiger partial charge in [-0.3, -0.25) is 4.79 Å². The van der Waals surface area contributed by atoms with E-state index in [9.17, 15) is 9.90 Å². The third-order valence-electron chi connectivity index (χ3n) is 2.93. The second-order valence-corrected chi connectivity index (χ2v) is 4.46. The van der Waals surface area contributed by atoms with Crippen molar-refractivity contribution >= 4 is 11.6 Å². The quantitative estimate of drug-likeness (QED) is 0.590. The lowest BCUT2D eigenvalue weighted by molar-refractivity contribution is -0.115. The molecule has 107 valence electrons. The van der Waals surface area contributed by atoms with Gasteiger partial charge in [0.25, 0.3) is 5.91 Å². The number of hydrogen-bond donors (Lipinski definition) is 0. The lowest BCUT2D eigenvalue weighted by Crippen LogP contribution is -2.33. The summed E-state index contributed by atoms with van der Waals surface area (Å²) in [6.07, 6.45) is 0.527. The highest BCUT2D eigenvalue weighted by molar-refractivity contribution is 6.05. The van der Waals surface area contributed by atoms with Gasteiger partial charge in [0.15, 0.2) is 0 Å². The van der Waals surface area contributed by atoms with Crippen LogP contribution in [0.25, 0.3) is 0 Å². The molecule has 1 rings (SSSR count). The van der Waals surface area contributed by atoms with Crippen LogP contribution in [0.3, 0.4) is 0 Å². The Morgan fingerprint density at radius 1 is 1.30 bits per heavy atom. The summed E-state index contributed by atoms with van der Waals surface area (Å²) < 4.78 is 4.74. The number of ether oxygens (including phenoxy) is 1. The zero-order chi connectivity index (χ0) is 15.1. The Hall–Kier alpha value is -2.23. The minimum absolute atomic E-state index is 0.203. The fourth-order valence-electron chi connectivity index (χ4n) is 1.77. The Bertz CT molecular complexity index is 506. The van der Waals surface area contributed by atoms with E-state index in [0.717, 1.165) is 5.69 Å². The number of nitrogens with zero attached hydrogens (tertiary/aromatic N) is 1.